The van der Waals surface area contributed by atoms with Crippen LogP contribution in [-0.4, -0.2) is 105 Å². The molecule has 0 radical (unpaired) electrons. The summed E-state index contributed by atoms with van der Waals surface area (Å²) in [6.07, 6.45) is 6.62. The van der Waals surface area contributed by atoms with Gasteiger partial charge < -0.3 is 38.9 Å². The number of piperazine rings is 1. The summed E-state index contributed by atoms with van der Waals surface area (Å²) in [6.45, 7) is 10.9. The summed E-state index contributed by atoms with van der Waals surface area (Å²) in [6, 6.07) is 4.97. The first-order valence-corrected chi connectivity index (χ1v) is 15.3. The number of likely N-dealkylation sites (N-methyl/N-ethyl adjacent to an activating group) is 1. The molecule has 2 aliphatic heterocycles. The fourth-order valence-corrected chi connectivity index (χ4v) is 5.45. The van der Waals surface area contributed by atoms with Gasteiger partial charge in [0.2, 0.25) is 0 Å². The van der Waals surface area contributed by atoms with E-state index in [2.05, 4.69) is 4.90 Å². The Morgan fingerprint density at radius 3 is 2.42 bits per heavy atom. The first-order chi connectivity index (χ1) is 20.6. The number of carbonyl (C=O) groups is 3. The van der Waals surface area contributed by atoms with Gasteiger partial charge in [-0.05, 0) is 62.4 Å². The number of rotatable bonds is 14. The van der Waals surface area contributed by atoms with Gasteiger partial charge in [0.25, 0.3) is 0 Å². The molecule has 0 spiro atoms. The molecule has 2 aliphatic rings. The molecule has 0 aromatic heterocycles. The second-order valence-electron chi connectivity index (χ2n) is 11.9. The molecular weight excluding hydrogens is 553 g/mol. The van der Waals surface area contributed by atoms with Crippen molar-refractivity contribution in [2.45, 2.75) is 52.2 Å². The van der Waals surface area contributed by atoms with E-state index in [1.165, 1.54) is 6.07 Å². The highest BCUT2D eigenvalue weighted by Crippen LogP contribution is 2.27. The van der Waals surface area contributed by atoms with Crippen molar-refractivity contribution in [3.63, 3.8) is 0 Å². The van der Waals surface area contributed by atoms with Crippen LogP contribution in [-0.2, 0) is 19.1 Å². The van der Waals surface area contributed by atoms with Crippen LogP contribution in [0, 0.1) is 23.6 Å². The van der Waals surface area contributed by atoms with Gasteiger partial charge in [-0.1, -0.05) is 37.6 Å². The van der Waals surface area contributed by atoms with E-state index >= 15 is 0 Å². The minimum atomic E-state index is -0.737. The molecule has 2 saturated heterocycles. The molecule has 1 N–H and O–H groups in total. The maximum Gasteiger partial charge on any atom is 0.410 e. The number of halogens is 1. The zero-order valence-corrected chi connectivity index (χ0v) is 26.0. The van der Waals surface area contributed by atoms with Crippen molar-refractivity contribution in [2.24, 2.45) is 17.8 Å². The first-order valence-electron chi connectivity index (χ1n) is 15.3. The van der Waals surface area contributed by atoms with Crippen molar-refractivity contribution in [2.75, 3.05) is 64.4 Å². The third-order valence-corrected chi connectivity index (χ3v) is 8.44. The second kappa shape index (κ2) is 17.3. The number of nitrogens with zero attached hydrogens (tertiary/aromatic N) is 3. The number of aliphatic hydroxyl groups is 1. The predicted molar refractivity (Wildman–Crippen MR) is 165 cm³/mol. The summed E-state index contributed by atoms with van der Waals surface area (Å²) >= 11 is 0. The molecule has 9 nitrogen and oxygen atoms in total. The molecule has 10 heteroatoms. The number of morpholine rings is 1. The highest BCUT2D eigenvalue weighted by molar-refractivity contribution is 5.69. The number of ether oxygens (including phenoxy) is 2. The minimum Gasteiger partial charge on any atom is -0.442 e. The molecule has 43 heavy (non-hydrogen) atoms. The Morgan fingerprint density at radius 2 is 1.77 bits per heavy atom. The molecule has 0 unspecified atom stereocenters. The van der Waals surface area contributed by atoms with Gasteiger partial charge in [0.15, 0.2) is 0 Å². The quantitative estimate of drug-likeness (QED) is 0.250. The topological polar surface area (TPSA) is 99.6 Å². The lowest BCUT2D eigenvalue weighted by Crippen LogP contribution is -2.48. The first kappa shape index (κ1) is 34.4. The van der Waals surface area contributed by atoms with Crippen LogP contribution in [0.4, 0.5) is 14.9 Å². The third kappa shape index (κ3) is 10.5. The molecule has 2 fully saturated rings. The molecule has 2 heterocycles. The van der Waals surface area contributed by atoms with Crippen LogP contribution in [0.3, 0.4) is 0 Å². The van der Waals surface area contributed by atoms with Crippen LogP contribution in [0.5, 0.6) is 0 Å². The van der Waals surface area contributed by atoms with E-state index in [1.54, 1.807) is 17.0 Å². The van der Waals surface area contributed by atoms with Crippen molar-refractivity contribution in [3.05, 3.63) is 47.3 Å². The Kier molecular flexibility index (Phi) is 13.8. The largest absolute Gasteiger partial charge is 0.442 e. The zero-order valence-electron chi connectivity index (χ0n) is 26.0. The van der Waals surface area contributed by atoms with E-state index in [0.29, 0.717) is 64.2 Å². The van der Waals surface area contributed by atoms with E-state index < -0.39 is 18.1 Å². The summed E-state index contributed by atoms with van der Waals surface area (Å²) in [5.74, 6) is -1.05. The van der Waals surface area contributed by atoms with Crippen LogP contribution in [0.15, 0.2) is 35.9 Å². The Morgan fingerprint density at radius 1 is 1.07 bits per heavy atom. The van der Waals surface area contributed by atoms with E-state index in [-0.39, 0.29) is 30.2 Å². The summed E-state index contributed by atoms with van der Waals surface area (Å²) < 4.78 is 26.0. The fraction of sp³-hybridized carbons (Fsp3) is 0.606. The van der Waals surface area contributed by atoms with Crippen molar-refractivity contribution in [1.82, 2.24) is 9.80 Å². The number of benzene rings is 1. The lowest BCUT2D eigenvalue weighted by Gasteiger charge is -2.33. The standard InChI is InChI=1S/C33H48FN3O6/c1-24(29(23-39)26(3)21-27-7-9-30(34)31(22-27)36-16-19-42-20-17-36)6-10-32(25(2)5-8-28(40)11-18-38)43-33(41)37-14-12-35(4)13-15-37/h6-7,9-10,18,21-25,28-29,32,40H,5,8,11-17,19-20H2,1-4H3/b10-6+,26-21+/t24-,25-,28+,29-,32-/m0/s1. The SMILES string of the molecule is C/C(=C\c1ccc(F)c(N2CCOCC2)c1)[C@@H](C=O)[C@@H](C)/C=C/[C@H](OC(=O)N1CCN(C)CC1)[C@@H](C)CC[C@@H](O)CC=O. The van der Waals surface area contributed by atoms with Gasteiger partial charge in [-0.25, -0.2) is 9.18 Å². The lowest BCUT2D eigenvalue weighted by atomic mass is 9.86. The monoisotopic (exact) mass is 601 g/mol. The Labute approximate surface area is 255 Å². The Bertz CT molecular complexity index is 1110. The van der Waals surface area contributed by atoms with Gasteiger partial charge in [0.05, 0.1) is 25.0 Å². The van der Waals surface area contributed by atoms with Gasteiger partial charge in [-0.2, -0.15) is 0 Å². The number of hydrogen-bond donors (Lipinski definition) is 1. The second-order valence-corrected chi connectivity index (χ2v) is 11.9. The molecule has 238 valence electrons. The molecule has 1 aromatic rings. The number of carbonyl (C=O) groups excluding carboxylic acids is 3. The zero-order chi connectivity index (χ0) is 31.4. The van der Waals surface area contributed by atoms with Gasteiger partial charge in [-0.3, -0.25) is 0 Å². The number of allylic oxidation sites excluding steroid dienone is 2. The molecular formula is C33H48FN3O6. The van der Waals surface area contributed by atoms with Gasteiger partial charge >= 0.3 is 6.09 Å². The van der Waals surface area contributed by atoms with E-state index in [0.717, 1.165) is 30.5 Å². The van der Waals surface area contributed by atoms with Crippen LogP contribution >= 0.6 is 0 Å². The predicted octanol–water partition coefficient (Wildman–Crippen LogP) is 4.19. The van der Waals surface area contributed by atoms with E-state index in [9.17, 15) is 23.9 Å². The van der Waals surface area contributed by atoms with Crippen LogP contribution in [0.2, 0.25) is 0 Å². The number of aliphatic hydroxyl groups excluding tert-OH is 1. The van der Waals surface area contributed by atoms with Crippen LogP contribution < -0.4 is 4.90 Å². The molecule has 3 rings (SSSR count). The van der Waals surface area contributed by atoms with E-state index in [4.69, 9.17) is 9.47 Å². The lowest BCUT2D eigenvalue weighted by molar-refractivity contribution is -0.111. The summed E-state index contributed by atoms with van der Waals surface area (Å²) in [5, 5.41) is 10.1. The fourth-order valence-electron chi connectivity index (χ4n) is 5.45. The highest BCUT2D eigenvalue weighted by atomic mass is 19.1. The summed E-state index contributed by atoms with van der Waals surface area (Å²) in [4.78, 5) is 41.9. The molecule has 5 atom stereocenters. The van der Waals surface area contributed by atoms with Crippen LogP contribution in [0.1, 0.15) is 45.6 Å². The van der Waals surface area contributed by atoms with Crippen molar-refractivity contribution in [3.8, 4) is 0 Å². The molecule has 1 amide bonds. The minimum absolute atomic E-state index is 0.0694. The average molecular weight is 602 g/mol. The maximum atomic E-state index is 14.6. The number of amides is 1. The summed E-state index contributed by atoms with van der Waals surface area (Å²) in [5.41, 5.74) is 2.17. The Balaban J connectivity index is 1.74. The molecule has 0 aliphatic carbocycles. The van der Waals surface area contributed by atoms with Crippen molar-refractivity contribution >= 4 is 30.4 Å². The summed E-state index contributed by atoms with van der Waals surface area (Å²) in [7, 11) is 2.02. The normalized spacial score (nSPS) is 20.4. The van der Waals surface area contributed by atoms with Gasteiger partial charge in [0, 0.05) is 51.6 Å². The number of anilines is 1. The van der Waals surface area contributed by atoms with Gasteiger partial charge in [-0.15, -0.1) is 0 Å². The van der Waals surface area contributed by atoms with Crippen molar-refractivity contribution in [1.29, 1.82) is 0 Å². The number of aldehydes is 2. The number of hydrogen-bond acceptors (Lipinski definition) is 8. The third-order valence-electron chi connectivity index (χ3n) is 8.44. The highest BCUT2D eigenvalue weighted by Gasteiger charge is 2.26. The average Bonchev–Trinajstić information content (AvgIpc) is 3.00. The van der Waals surface area contributed by atoms with Crippen molar-refractivity contribution < 1.29 is 33.4 Å². The Hall–Kier alpha value is -3.08. The van der Waals surface area contributed by atoms with E-state index in [1.807, 2.05) is 50.9 Å². The maximum absolute atomic E-state index is 14.6. The molecule has 0 bridgehead atoms. The molecule has 0 saturated carbocycles. The van der Waals surface area contributed by atoms with Gasteiger partial charge in [0.1, 0.15) is 24.5 Å². The molecule has 1 aromatic carbocycles. The van der Waals surface area contributed by atoms with Crippen LogP contribution in [0.25, 0.3) is 6.08 Å². The smallest absolute Gasteiger partial charge is 0.410 e.